The van der Waals surface area contributed by atoms with Crippen LogP contribution in [0.25, 0.3) is 11.0 Å². The number of aromatic nitrogens is 2. The van der Waals surface area contributed by atoms with Crippen molar-refractivity contribution in [3.05, 3.63) is 39.8 Å². The van der Waals surface area contributed by atoms with Crippen LogP contribution >= 0.6 is 0 Å². The monoisotopic (exact) mass is 399 g/mol. The molecule has 0 aromatic carbocycles. The summed E-state index contributed by atoms with van der Waals surface area (Å²) in [5, 5.41) is 2.84. The number of nitrogens with zero attached hydrogens (tertiary/aromatic N) is 2. The third-order valence-electron chi connectivity index (χ3n) is 5.75. The number of hydrogen-bond acceptors (Lipinski definition) is 5. The molecular formula is C22H29N3O4. The average Bonchev–Trinajstić information content (AvgIpc) is 2.73. The van der Waals surface area contributed by atoms with Crippen LogP contribution in [0, 0.1) is 12.3 Å². The Morgan fingerprint density at radius 1 is 1.24 bits per heavy atom. The zero-order chi connectivity index (χ0) is 21.0. The quantitative estimate of drug-likeness (QED) is 0.754. The molecule has 7 nitrogen and oxygen atoms in total. The van der Waals surface area contributed by atoms with Gasteiger partial charge in [0.2, 0.25) is 5.43 Å². The third-order valence-corrected chi connectivity index (χ3v) is 5.75. The minimum Gasteiger partial charge on any atom is -0.466 e. The maximum absolute atomic E-state index is 12.9. The molecule has 1 saturated carbocycles. The number of esters is 1. The van der Waals surface area contributed by atoms with Crippen molar-refractivity contribution in [3.63, 3.8) is 0 Å². The molecule has 0 bridgehead atoms. The number of pyridine rings is 2. The molecule has 0 spiro atoms. The number of ether oxygens (including phenoxy) is 1. The van der Waals surface area contributed by atoms with Gasteiger partial charge in [-0.15, -0.1) is 0 Å². The highest BCUT2D eigenvalue weighted by Crippen LogP contribution is 2.37. The van der Waals surface area contributed by atoms with Gasteiger partial charge in [-0.05, 0) is 45.2 Å². The highest BCUT2D eigenvalue weighted by atomic mass is 16.5. The van der Waals surface area contributed by atoms with Gasteiger partial charge >= 0.3 is 5.97 Å². The summed E-state index contributed by atoms with van der Waals surface area (Å²) >= 11 is 0. The van der Waals surface area contributed by atoms with E-state index in [1.165, 1.54) is 0 Å². The lowest BCUT2D eigenvalue weighted by molar-refractivity contribution is -0.157. The number of rotatable bonds is 6. The number of hydrogen-bond donors (Lipinski definition) is 1. The molecule has 0 radical (unpaired) electrons. The zero-order valence-electron chi connectivity index (χ0n) is 17.4. The second-order valence-electron chi connectivity index (χ2n) is 7.78. The van der Waals surface area contributed by atoms with E-state index in [2.05, 4.69) is 10.3 Å². The van der Waals surface area contributed by atoms with Gasteiger partial charge in [0.1, 0.15) is 11.1 Å². The Labute approximate surface area is 170 Å². The molecule has 1 N–H and O–H groups in total. The summed E-state index contributed by atoms with van der Waals surface area (Å²) in [4.78, 5) is 42.6. The smallest absolute Gasteiger partial charge is 0.313 e. The van der Waals surface area contributed by atoms with Gasteiger partial charge in [-0.3, -0.25) is 19.4 Å². The molecule has 0 saturated heterocycles. The van der Waals surface area contributed by atoms with E-state index in [4.69, 9.17) is 4.74 Å². The Bertz CT molecular complexity index is 974. The van der Waals surface area contributed by atoms with Crippen molar-refractivity contribution >= 4 is 22.9 Å². The van der Waals surface area contributed by atoms with E-state index in [0.717, 1.165) is 24.8 Å². The number of nitrogens with one attached hydrogen (secondary N) is 1. The van der Waals surface area contributed by atoms with E-state index in [9.17, 15) is 14.4 Å². The summed E-state index contributed by atoms with van der Waals surface area (Å²) in [7, 11) is 0. The second kappa shape index (κ2) is 8.76. The first-order valence-corrected chi connectivity index (χ1v) is 10.4. The summed E-state index contributed by atoms with van der Waals surface area (Å²) in [5.74, 6) is -0.739. The number of carbonyl (C=O) groups excluding carboxylic acids is 2. The molecule has 1 fully saturated rings. The van der Waals surface area contributed by atoms with Crippen LogP contribution in [-0.2, 0) is 16.1 Å². The molecule has 156 valence electrons. The molecule has 1 aliphatic rings. The Morgan fingerprint density at radius 2 is 1.97 bits per heavy atom. The molecular weight excluding hydrogens is 370 g/mol. The average molecular weight is 399 g/mol. The number of carbonyl (C=O) groups is 2. The van der Waals surface area contributed by atoms with Crippen molar-refractivity contribution < 1.29 is 14.3 Å². The highest BCUT2D eigenvalue weighted by molar-refractivity contribution is 5.97. The molecule has 7 heteroatoms. The summed E-state index contributed by atoms with van der Waals surface area (Å²) in [6.07, 6.45) is 7.51. The lowest BCUT2D eigenvalue weighted by Gasteiger charge is -2.34. The van der Waals surface area contributed by atoms with Gasteiger partial charge in [-0.25, -0.2) is 0 Å². The molecule has 2 aromatic rings. The fourth-order valence-corrected chi connectivity index (χ4v) is 4.09. The standard InChI is InChI=1S/C22H29N3O4/c1-4-25-13-16(19(26)18-17(25)11-15(3)12-23-18)20(27)24-14-22(21(28)29-5-2)9-7-6-8-10-22/h11-13H,4-10,14H2,1-3H3,(H,24,27). The minimum atomic E-state index is -0.708. The van der Waals surface area contributed by atoms with E-state index in [1.54, 1.807) is 19.3 Å². The first kappa shape index (κ1) is 21.0. The van der Waals surface area contributed by atoms with Gasteiger partial charge in [-0.1, -0.05) is 19.3 Å². The zero-order valence-corrected chi connectivity index (χ0v) is 17.4. The largest absolute Gasteiger partial charge is 0.466 e. The maximum atomic E-state index is 12.9. The predicted molar refractivity (Wildman–Crippen MR) is 111 cm³/mol. The summed E-state index contributed by atoms with van der Waals surface area (Å²) < 4.78 is 7.14. The van der Waals surface area contributed by atoms with Gasteiger partial charge in [-0.2, -0.15) is 0 Å². The van der Waals surface area contributed by atoms with Crippen LogP contribution < -0.4 is 10.7 Å². The van der Waals surface area contributed by atoms with Crippen molar-refractivity contribution in [2.75, 3.05) is 13.2 Å². The topological polar surface area (TPSA) is 90.3 Å². The molecule has 1 aliphatic carbocycles. The molecule has 0 unspecified atom stereocenters. The Morgan fingerprint density at radius 3 is 2.62 bits per heavy atom. The van der Waals surface area contributed by atoms with Crippen molar-refractivity contribution in [1.29, 1.82) is 0 Å². The molecule has 3 rings (SSSR count). The van der Waals surface area contributed by atoms with Gasteiger partial charge in [0.25, 0.3) is 5.91 Å². The fraction of sp³-hybridized carbons (Fsp3) is 0.545. The van der Waals surface area contributed by atoms with Crippen molar-refractivity contribution in [2.45, 2.75) is 59.4 Å². The number of amides is 1. The van der Waals surface area contributed by atoms with E-state index < -0.39 is 16.8 Å². The Balaban J connectivity index is 1.89. The Hall–Kier alpha value is -2.70. The number of fused-ring (bicyclic) bond motifs is 1. The molecule has 0 aliphatic heterocycles. The van der Waals surface area contributed by atoms with Crippen LogP contribution in [0.2, 0.25) is 0 Å². The lowest BCUT2D eigenvalue weighted by atomic mass is 9.74. The van der Waals surface area contributed by atoms with Crippen LogP contribution in [0.3, 0.4) is 0 Å². The predicted octanol–water partition coefficient (Wildman–Crippen LogP) is 2.97. The summed E-state index contributed by atoms with van der Waals surface area (Å²) in [6, 6.07) is 1.90. The van der Waals surface area contributed by atoms with Crippen molar-refractivity contribution in [3.8, 4) is 0 Å². The van der Waals surface area contributed by atoms with Gasteiger partial charge < -0.3 is 14.6 Å². The van der Waals surface area contributed by atoms with Crippen LogP contribution in [0.5, 0.6) is 0 Å². The maximum Gasteiger partial charge on any atom is 0.313 e. The fourth-order valence-electron chi connectivity index (χ4n) is 4.09. The van der Waals surface area contributed by atoms with Crippen molar-refractivity contribution in [2.24, 2.45) is 5.41 Å². The normalized spacial score (nSPS) is 15.8. The van der Waals surface area contributed by atoms with E-state index in [-0.39, 0.29) is 23.6 Å². The van der Waals surface area contributed by atoms with E-state index >= 15 is 0 Å². The van der Waals surface area contributed by atoms with Crippen LogP contribution in [0.15, 0.2) is 23.3 Å². The van der Waals surface area contributed by atoms with Crippen LogP contribution in [0.4, 0.5) is 0 Å². The first-order valence-electron chi connectivity index (χ1n) is 10.4. The molecule has 2 aromatic heterocycles. The summed E-state index contributed by atoms with van der Waals surface area (Å²) in [5.41, 5.74) is 0.888. The van der Waals surface area contributed by atoms with Gasteiger partial charge in [0.15, 0.2) is 0 Å². The Kier molecular flexibility index (Phi) is 6.35. The van der Waals surface area contributed by atoms with Crippen molar-refractivity contribution in [1.82, 2.24) is 14.9 Å². The van der Waals surface area contributed by atoms with Gasteiger partial charge in [0.05, 0.1) is 17.5 Å². The lowest BCUT2D eigenvalue weighted by Crippen LogP contribution is -2.46. The van der Waals surface area contributed by atoms with E-state index in [1.807, 2.05) is 24.5 Å². The van der Waals surface area contributed by atoms with E-state index in [0.29, 0.717) is 31.5 Å². The van der Waals surface area contributed by atoms with Crippen LogP contribution in [0.1, 0.15) is 61.9 Å². The first-order chi connectivity index (χ1) is 13.9. The third kappa shape index (κ3) is 4.18. The molecule has 2 heterocycles. The molecule has 0 atom stereocenters. The SMILES string of the molecule is CCOC(=O)C1(CNC(=O)c2cn(CC)c3cc(C)cnc3c2=O)CCCCC1. The highest BCUT2D eigenvalue weighted by Gasteiger charge is 2.41. The molecule has 29 heavy (non-hydrogen) atoms. The minimum absolute atomic E-state index is 0.0468. The number of aryl methyl sites for hydroxylation is 2. The molecule has 1 amide bonds. The van der Waals surface area contributed by atoms with Crippen LogP contribution in [-0.4, -0.2) is 34.6 Å². The van der Waals surface area contributed by atoms with Gasteiger partial charge in [0, 0.05) is 25.5 Å². The summed E-state index contributed by atoms with van der Waals surface area (Å²) in [6.45, 7) is 6.74. The second-order valence-corrected chi connectivity index (χ2v) is 7.78.